The fourth-order valence-electron chi connectivity index (χ4n) is 2.16. The van der Waals surface area contributed by atoms with E-state index in [0.29, 0.717) is 37.2 Å². The summed E-state index contributed by atoms with van der Waals surface area (Å²) >= 11 is 0. The molecule has 1 aromatic carbocycles. The van der Waals surface area contributed by atoms with Gasteiger partial charge < -0.3 is 14.1 Å². The minimum absolute atomic E-state index is 0.254. The SMILES string of the molecule is Cc1nnc(N2CCOC(c3ccccc3F)C2)o1. The van der Waals surface area contributed by atoms with Crippen LogP contribution >= 0.6 is 0 Å². The van der Waals surface area contributed by atoms with Crippen molar-refractivity contribution in [1.29, 1.82) is 0 Å². The average Bonchev–Trinajstić information content (AvgIpc) is 2.86. The fourth-order valence-corrected chi connectivity index (χ4v) is 2.16. The molecule has 6 heteroatoms. The predicted molar refractivity (Wildman–Crippen MR) is 66.3 cm³/mol. The zero-order valence-electron chi connectivity index (χ0n) is 10.5. The van der Waals surface area contributed by atoms with Crippen LogP contribution in [0.5, 0.6) is 0 Å². The summed E-state index contributed by atoms with van der Waals surface area (Å²) in [6, 6.07) is 7.11. The Morgan fingerprint density at radius 2 is 2.16 bits per heavy atom. The number of aryl methyl sites for hydroxylation is 1. The first-order valence-electron chi connectivity index (χ1n) is 6.15. The number of rotatable bonds is 2. The predicted octanol–water partition coefficient (Wildman–Crippen LogP) is 2.10. The average molecular weight is 263 g/mol. The van der Waals surface area contributed by atoms with Gasteiger partial charge in [0.25, 0.3) is 0 Å². The molecule has 19 heavy (non-hydrogen) atoms. The molecule has 1 atom stereocenters. The molecule has 1 aliphatic rings. The lowest BCUT2D eigenvalue weighted by molar-refractivity contribution is 0.0357. The highest BCUT2D eigenvalue weighted by Crippen LogP contribution is 2.26. The van der Waals surface area contributed by atoms with E-state index in [1.807, 2.05) is 4.90 Å². The summed E-state index contributed by atoms with van der Waals surface area (Å²) in [5.41, 5.74) is 0.559. The van der Waals surface area contributed by atoms with Gasteiger partial charge in [0.1, 0.15) is 11.9 Å². The Morgan fingerprint density at radius 3 is 2.89 bits per heavy atom. The van der Waals surface area contributed by atoms with Crippen molar-refractivity contribution in [2.45, 2.75) is 13.0 Å². The summed E-state index contributed by atoms with van der Waals surface area (Å²) in [7, 11) is 0. The van der Waals surface area contributed by atoms with Crippen molar-refractivity contribution in [2.24, 2.45) is 0 Å². The van der Waals surface area contributed by atoms with Crippen molar-refractivity contribution < 1.29 is 13.5 Å². The Morgan fingerprint density at radius 1 is 1.32 bits per heavy atom. The van der Waals surface area contributed by atoms with E-state index in [4.69, 9.17) is 9.15 Å². The lowest BCUT2D eigenvalue weighted by Gasteiger charge is -2.31. The summed E-state index contributed by atoms with van der Waals surface area (Å²) in [5.74, 6) is 0.264. The van der Waals surface area contributed by atoms with Gasteiger partial charge in [0.15, 0.2) is 0 Å². The summed E-state index contributed by atoms with van der Waals surface area (Å²) in [6.45, 7) is 3.40. The fraction of sp³-hybridized carbons (Fsp3) is 0.385. The van der Waals surface area contributed by atoms with Gasteiger partial charge in [-0.25, -0.2) is 4.39 Å². The number of morpholine rings is 1. The number of aromatic nitrogens is 2. The van der Waals surface area contributed by atoms with Crippen molar-refractivity contribution in [3.05, 3.63) is 41.5 Å². The van der Waals surface area contributed by atoms with Gasteiger partial charge in [-0.2, -0.15) is 0 Å². The third-order valence-electron chi connectivity index (χ3n) is 3.10. The first-order valence-corrected chi connectivity index (χ1v) is 6.15. The van der Waals surface area contributed by atoms with Gasteiger partial charge >= 0.3 is 6.01 Å². The smallest absolute Gasteiger partial charge is 0.318 e. The first-order chi connectivity index (χ1) is 9.24. The van der Waals surface area contributed by atoms with Gasteiger partial charge in [-0.3, -0.25) is 0 Å². The molecular formula is C13H14FN3O2. The number of anilines is 1. The monoisotopic (exact) mass is 263 g/mol. The van der Waals surface area contributed by atoms with Gasteiger partial charge in [0.05, 0.1) is 13.2 Å². The molecule has 100 valence electrons. The molecular weight excluding hydrogens is 249 g/mol. The minimum Gasteiger partial charge on any atom is -0.408 e. The number of ether oxygens (including phenoxy) is 1. The van der Waals surface area contributed by atoms with Gasteiger partial charge in [-0.1, -0.05) is 23.3 Å². The van der Waals surface area contributed by atoms with E-state index in [2.05, 4.69) is 10.2 Å². The van der Waals surface area contributed by atoms with Crippen molar-refractivity contribution >= 4 is 6.01 Å². The highest BCUT2D eigenvalue weighted by atomic mass is 19.1. The molecule has 1 unspecified atom stereocenters. The maximum Gasteiger partial charge on any atom is 0.318 e. The van der Waals surface area contributed by atoms with Crippen molar-refractivity contribution in [1.82, 2.24) is 10.2 Å². The van der Waals surface area contributed by atoms with Crippen LogP contribution in [-0.2, 0) is 4.74 Å². The third kappa shape index (κ3) is 2.44. The second-order valence-electron chi connectivity index (χ2n) is 4.43. The second-order valence-corrected chi connectivity index (χ2v) is 4.43. The van der Waals surface area contributed by atoms with Crippen molar-refractivity contribution in [3.63, 3.8) is 0 Å². The molecule has 0 radical (unpaired) electrons. The number of nitrogens with zero attached hydrogens (tertiary/aromatic N) is 3. The zero-order valence-corrected chi connectivity index (χ0v) is 10.5. The molecule has 0 bridgehead atoms. The molecule has 1 aromatic heterocycles. The van der Waals surface area contributed by atoms with E-state index in [9.17, 15) is 4.39 Å². The highest BCUT2D eigenvalue weighted by Gasteiger charge is 2.26. The van der Waals surface area contributed by atoms with Gasteiger partial charge in [-0.15, -0.1) is 5.10 Å². The molecule has 2 aromatic rings. The Balaban J connectivity index is 1.80. The number of hydrogen-bond donors (Lipinski definition) is 0. The largest absolute Gasteiger partial charge is 0.408 e. The molecule has 5 nitrogen and oxygen atoms in total. The number of hydrogen-bond acceptors (Lipinski definition) is 5. The normalized spacial score (nSPS) is 19.7. The molecule has 3 rings (SSSR count). The molecule has 0 amide bonds. The summed E-state index contributed by atoms with van der Waals surface area (Å²) in [6.07, 6.45) is -0.317. The lowest BCUT2D eigenvalue weighted by Crippen LogP contribution is -2.38. The lowest BCUT2D eigenvalue weighted by atomic mass is 10.1. The van der Waals surface area contributed by atoms with E-state index >= 15 is 0 Å². The highest BCUT2D eigenvalue weighted by molar-refractivity contribution is 5.29. The molecule has 1 saturated heterocycles. The summed E-state index contributed by atoms with van der Waals surface area (Å²) < 4.78 is 24.8. The molecule has 0 saturated carbocycles. The van der Waals surface area contributed by atoms with E-state index in [1.165, 1.54) is 6.07 Å². The molecule has 0 spiro atoms. The molecule has 0 aliphatic carbocycles. The van der Waals surface area contributed by atoms with Crippen LogP contribution < -0.4 is 4.90 Å². The Labute approximate surface area is 110 Å². The van der Waals surface area contributed by atoms with E-state index < -0.39 is 0 Å². The summed E-state index contributed by atoms with van der Waals surface area (Å²) in [4.78, 5) is 1.92. The third-order valence-corrected chi connectivity index (χ3v) is 3.10. The Hall–Kier alpha value is -1.95. The van der Waals surface area contributed by atoms with Crippen LogP contribution in [0.2, 0.25) is 0 Å². The molecule has 1 aliphatic heterocycles. The quantitative estimate of drug-likeness (QED) is 0.830. The molecule has 2 heterocycles. The first kappa shape index (κ1) is 12.1. The van der Waals surface area contributed by atoms with Crippen LogP contribution in [0.15, 0.2) is 28.7 Å². The maximum absolute atomic E-state index is 13.8. The van der Waals surface area contributed by atoms with E-state index in [0.717, 1.165) is 0 Å². The number of benzene rings is 1. The standard InChI is InChI=1S/C13H14FN3O2/c1-9-15-16-13(19-9)17-6-7-18-12(8-17)10-4-2-3-5-11(10)14/h2-5,12H,6-8H2,1H3. The minimum atomic E-state index is -0.317. The van der Waals surface area contributed by atoms with Crippen LogP contribution in [-0.4, -0.2) is 29.9 Å². The van der Waals surface area contributed by atoms with Crippen LogP contribution in [0.1, 0.15) is 17.6 Å². The van der Waals surface area contributed by atoms with Crippen LogP contribution in [0.25, 0.3) is 0 Å². The van der Waals surface area contributed by atoms with E-state index in [1.54, 1.807) is 25.1 Å². The van der Waals surface area contributed by atoms with Crippen LogP contribution in [0, 0.1) is 12.7 Å². The van der Waals surface area contributed by atoms with Crippen molar-refractivity contribution in [3.8, 4) is 0 Å². The summed E-state index contributed by atoms with van der Waals surface area (Å²) in [5, 5.41) is 7.78. The Kier molecular flexibility index (Phi) is 3.16. The van der Waals surface area contributed by atoms with Gasteiger partial charge in [0, 0.05) is 19.0 Å². The van der Waals surface area contributed by atoms with Crippen molar-refractivity contribution in [2.75, 3.05) is 24.6 Å². The van der Waals surface area contributed by atoms with Gasteiger partial charge in [-0.05, 0) is 6.07 Å². The van der Waals surface area contributed by atoms with Crippen LogP contribution in [0.3, 0.4) is 0 Å². The van der Waals surface area contributed by atoms with Gasteiger partial charge in [0.2, 0.25) is 5.89 Å². The topological polar surface area (TPSA) is 51.4 Å². The number of halogens is 1. The zero-order chi connectivity index (χ0) is 13.2. The van der Waals surface area contributed by atoms with Crippen LogP contribution in [0.4, 0.5) is 10.4 Å². The Bertz CT molecular complexity index is 573. The molecule has 1 fully saturated rings. The maximum atomic E-state index is 13.8. The van der Waals surface area contributed by atoms with E-state index in [-0.39, 0.29) is 11.9 Å². The second kappa shape index (κ2) is 4.97. The molecule has 0 N–H and O–H groups in total.